The lowest BCUT2D eigenvalue weighted by molar-refractivity contribution is -0.155. The molecule has 0 radical (unpaired) electrons. The maximum Gasteiger partial charge on any atom is 0.337 e. The van der Waals surface area contributed by atoms with Crippen molar-refractivity contribution in [1.29, 1.82) is 0 Å². The Morgan fingerprint density at radius 1 is 1.48 bits per heavy atom. The van der Waals surface area contributed by atoms with Crippen molar-refractivity contribution in [2.75, 3.05) is 6.54 Å². The molecule has 1 fully saturated rings. The number of carboxylic acids is 1. The van der Waals surface area contributed by atoms with Gasteiger partial charge in [0.25, 0.3) is 11.5 Å². The van der Waals surface area contributed by atoms with Gasteiger partial charge in [0.05, 0.1) is 12.2 Å². The van der Waals surface area contributed by atoms with Crippen LogP contribution < -0.4 is 10.9 Å². The van der Waals surface area contributed by atoms with Crippen molar-refractivity contribution in [3.63, 3.8) is 0 Å². The molecule has 21 heavy (non-hydrogen) atoms. The lowest BCUT2D eigenvalue weighted by Gasteiger charge is -2.18. The van der Waals surface area contributed by atoms with Gasteiger partial charge in [-0.15, -0.1) is 0 Å². The summed E-state index contributed by atoms with van der Waals surface area (Å²) in [6.07, 6.45) is 1.94. The molecule has 0 aromatic carbocycles. The summed E-state index contributed by atoms with van der Waals surface area (Å²) in [4.78, 5) is 41.5. The van der Waals surface area contributed by atoms with E-state index in [9.17, 15) is 19.5 Å². The molecule has 1 aliphatic rings. The molecule has 0 spiro atoms. The summed E-state index contributed by atoms with van der Waals surface area (Å²) < 4.78 is 0. The molecule has 8 nitrogen and oxygen atoms in total. The van der Waals surface area contributed by atoms with Crippen molar-refractivity contribution < 1.29 is 19.8 Å². The minimum atomic E-state index is -2.10. The average molecular weight is 295 g/mol. The number of carbonyl (C=O) groups is 2. The number of nitrogens with one attached hydrogen (secondary N) is 2. The van der Waals surface area contributed by atoms with Gasteiger partial charge in [-0.05, 0) is 26.7 Å². The molecule has 0 aliphatic heterocycles. The van der Waals surface area contributed by atoms with Gasteiger partial charge in [0, 0.05) is 5.92 Å². The Labute approximate surface area is 120 Å². The van der Waals surface area contributed by atoms with Gasteiger partial charge in [0.2, 0.25) is 0 Å². The van der Waals surface area contributed by atoms with Crippen molar-refractivity contribution in [2.24, 2.45) is 0 Å². The zero-order valence-electron chi connectivity index (χ0n) is 11.8. The second-order valence-corrected chi connectivity index (χ2v) is 5.45. The lowest BCUT2D eigenvalue weighted by Crippen LogP contribution is -2.47. The monoisotopic (exact) mass is 295 g/mol. The molecule has 114 valence electrons. The molecule has 1 saturated carbocycles. The smallest absolute Gasteiger partial charge is 0.337 e. The van der Waals surface area contributed by atoms with Gasteiger partial charge in [-0.1, -0.05) is 0 Å². The molecule has 8 heteroatoms. The van der Waals surface area contributed by atoms with Gasteiger partial charge < -0.3 is 20.5 Å². The lowest BCUT2D eigenvalue weighted by atomic mass is 10.1. The second kappa shape index (κ2) is 5.28. The number of aromatic amines is 1. The maximum atomic E-state index is 12.0. The van der Waals surface area contributed by atoms with Gasteiger partial charge in [0.15, 0.2) is 5.60 Å². The highest BCUT2D eigenvalue weighted by Crippen LogP contribution is 2.37. The van der Waals surface area contributed by atoms with Gasteiger partial charge in [0.1, 0.15) is 11.4 Å². The Morgan fingerprint density at radius 3 is 2.57 bits per heavy atom. The number of hydrogen-bond donors (Lipinski definition) is 4. The van der Waals surface area contributed by atoms with E-state index in [0.29, 0.717) is 5.82 Å². The molecule has 1 aromatic heterocycles. The van der Waals surface area contributed by atoms with E-state index >= 15 is 0 Å². The van der Waals surface area contributed by atoms with Crippen LogP contribution in [0.2, 0.25) is 0 Å². The molecular weight excluding hydrogens is 278 g/mol. The fourth-order valence-electron chi connectivity index (χ4n) is 1.84. The molecule has 2 rings (SSSR count). The molecule has 1 atom stereocenters. The highest BCUT2D eigenvalue weighted by molar-refractivity contribution is 5.95. The van der Waals surface area contributed by atoms with Crippen LogP contribution in [0.5, 0.6) is 0 Å². The number of nitrogens with zero attached hydrogens (tertiary/aromatic N) is 1. The highest BCUT2D eigenvalue weighted by atomic mass is 16.4. The number of carboxylic acid groups (broad SMARTS) is 1. The van der Waals surface area contributed by atoms with E-state index in [-0.39, 0.29) is 17.2 Å². The van der Waals surface area contributed by atoms with Crippen molar-refractivity contribution in [3.05, 3.63) is 27.4 Å². The fraction of sp³-hybridized carbons (Fsp3) is 0.538. The van der Waals surface area contributed by atoms with Crippen molar-refractivity contribution in [3.8, 4) is 0 Å². The van der Waals surface area contributed by atoms with Gasteiger partial charge >= 0.3 is 5.97 Å². The van der Waals surface area contributed by atoms with E-state index < -0.39 is 29.6 Å². The van der Waals surface area contributed by atoms with Crippen LogP contribution >= 0.6 is 0 Å². The number of carbonyl (C=O) groups excluding carboxylic acids is 1. The number of aryl methyl sites for hydroxylation is 1. The Balaban J connectivity index is 2.16. The molecular formula is C13H17N3O5. The molecule has 1 unspecified atom stereocenters. The summed E-state index contributed by atoms with van der Waals surface area (Å²) in [7, 11) is 0. The third-order valence-corrected chi connectivity index (χ3v) is 3.36. The van der Waals surface area contributed by atoms with Crippen molar-refractivity contribution in [1.82, 2.24) is 15.3 Å². The van der Waals surface area contributed by atoms with E-state index in [0.717, 1.165) is 19.8 Å². The Hall–Kier alpha value is -2.22. The van der Waals surface area contributed by atoms with Crippen LogP contribution in [0, 0.1) is 6.92 Å². The molecule has 0 bridgehead atoms. The van der Waals surface area contributed by atoms with Crippen LogP contribution in [0.15, 0.2) is 4.79 Å². The van der Waals surface area contributed by atoms with Crippen LogP contribution in [0.3, 0.4) is 0 Å². The quantitative estimate of drug-likeness (QED) is 0.580. The standard InChI is InChI=1S/C13H17N3O5/c1-6-8(10(17)14-5-13(2,21)12(19)20)11(18)16-9(15-6)7-3-4-7/h7,21H,3-5H2,1-2H3,(H,14,17)(H,19,20)(H,15,16,18). The number of aliphatic hydroxyl groups is 1. The number of aromatic nitrogens is 2. The van der Waals surface area contributed by atoms with E-state index in [1.165, 1.54) is 0 Å². The molecule has 1 aromatic rings. The number of aliphatic carboxylic acids is 1. The summed E-state index contributed by atoms with van der Waals surface area (Å²) in [6, 6.07) is 0. The van der Waals surface area contributed by atoms with Crippen molar-refractivity contribution >= 4 is 11.9 Å². The summed E-state index contributed by atoms with van der Waals surface area (Å²) in [6.45, 7) is 2.09. The van der Waals surface area contributed by atoms with Gasteiger partial charge in [-0.3, -0.25) is 9.59 Å². The second-order valence-electron chi connectivity index (χ2n) is 5.45. The van der Waals surface area contributed by atoms with Crippen LogP contribution in [0.4, 0.5) is 0 Å². The first-order chi connectivity index (χ1) is 9.72. The summed E-state index contributed by atoms with van der Waals surface area (Å²) in [5.41, 5.74) is -2.54. The first kappa shape index (κ1) is 15.2. The van der Waals surface area contributed by atoms with Gasteiger partial charge in [-0.25, -0.2) is 9.78 Å². The third kappa shape index (κ3) is 3.27. The Bertz CT molecular complexity index is 646. The molecule has 1 aliphatic carbocycles. The molecule has 0 saturated heterocycles. The minimum absolute atomic E-state index is 0.166. The minimum Gasteiger partial charge on any atom is -0.479 e. The Kier molecular flexibility index (Phi) is 3.82. The number of H-pyrrole nitrogens is 1. The first-order valence-corrected chi connectivity index (χ1v) is 6.57. The van der Waals surface area contributed by atoms with Crippen LogP contribution in [-0.2, 0) is 4.79 Å². The van der Waals surface area contributed by atoms with Crippen LogP contribution in [-0.4, -0.2) is 44.2 Å². The van der Waals surface area contributed by atoms with E-state index in [2.05, 4.69) is 15.3 Å². The number of hydrogen-bond acceptors (Lipinski definition) is 5. The van der Waals surface area contributed by atoms with E-state index in [1.807, 2.05) is 0 Å². The largest absolute Gasteiger partial charge is 0.479 e. The zero-order chi connectivity index (χ0) is 15.8. The number of rotatable bonds is 5. The average Bonchev–Trinajstić information content (AvgIpc) is 3.19. The fourth-order valence-corrected chi connectivity index (χ4v) is 1.84. The summed E-state index contributed by atoms with van der Waals surface area (Å²) in [5.74, 6) is -1.39. The third-order valence-electron chi connectivity index (χ3n) is 3.36. The predicted molar refractivity (Wildman–Crippen MR) is 72.2 cm³/mol. The van der Waals surface area contributed by atoms with E-state index in [1.54, 1.807) is 6.92 Å². The highest BCUT2D eigenvalue weighted by Gasteiger charge is 2.32. The summed E-state index contributed by atoms with van der Waals surface area (Å²) >= 11 is 0. The Morgan fingerprint density at radius 2 is 2.10 bits per heavy atom. The maximum absolute atomic E-state index is 12.0. The van der Waals surface area contributed by atoms with Gasteiger partial charge in [-0.2, -0.15) is 0 Å². The predicted octanol–water partition coefficient (Wildman–Crippen LogP) is -0.479. The summed E-state index contributed by atoms with van der Waals surface area (Å²) in [5, 5.41) is 20.5. The van der Waals surface area contributed by atoms with Crippen molar-refractivity contribution in [2.45, 2.75) is 38.2 Å². The topological polar surface area (TPSA) is 132 Å². The number of amides is 1. The van der Waals surface area contributed by atoms with E-state index in [4.69, 9.17) is 5.11 Å². The molecule has 1 amide bonds. The normalized spacial score (nSPS) is 17.1. The molecule has 1 heterocycles. The first-order valence-electron chi connectivity index (χ1n) is 6.57. The SMILES string of the molecule is Cc1nc(C2CC2)[nH]c(=O)c1C(=O)NCC(C)(O)C(=O)O. The molecule has 4 N–H and O–H groups in total. The van der Waals surface area contributed by atoms with Crippen LogP contribution in [0.25, 0.3) is 0 Å². The van der Waals surface area contributed by atoms with Crippen LogP contribution in [0.1, 0.15) is 47.6 Å². The zero-order valence-corrected chi connectivity index (χ0v) is 11.8.